The summed E-state index contributed by atoms with van der Waals surface area (Å²) in [4.78, 5) is 8.74. The minimum atomic E-state index is 0.374. The number of hydrogen-bond donors (Lipinski definition) is 1. The van der Waals surface area contributed by atoms with Crippen molar-refractivity contribution < 1.29 is 0 Å². The molecule has 0 saturated carbocycles. The molecular formula is C10H15N3S. The van der Waals surface area contributed by atoms with Gasteiger partial charge in [-0.1, -0.05) is 12.8 Å². The maximum absolute atomic E-state index is 4.46. The zero-order valence-corrected chi connectivity index (χ0v) is 9.46. The van der Waals surface area contributed by atoms with Crippen LogP contribution < -0.4 is 0 Å². The van der Waals surface area contributed by atoms with Crippen molar-refractivity contribution in [1.29, 1.82) is 0 Å². The quantitative estimate of drug-likeness (QED) is 0.718. The van der Waals surface area contributed by atoms with Crippen molar-refractivity contribution in [1.82, 2.24) is 14.3 Å². The van der Waals surface area contributed by atoms with Gasteiger partial charge in [0.05, 0.1) is 11.7 Å². The fourth-order valence-electron chi connectivity index (χ4n) is 1.97. The second kappa shape index (κ2) is 3.87. The van der Waals surface area contributed by atoms with Gasteiger partial charge in [-0.15, -0.1) is 0 Å². The van der Waals surface area contributed by atoms with E-state index in [-0.39, 0.29) is 0 Å². The lowest BCUT2D eigenvalue weighted by molar-refractivity contribution is 0.446. The van der Waals surface area contributed by atoms with Gasteiger partial charge in [0.15, 0.2) is 0 Å². The van der Waals surface area contributed by atoms with Gasteiger partial charge in [0, 0.05) is 12.2 Å². The van der Waals surface area contributed by atoms with Crippen molar-refractivity contribution in [3.05, 3.63) is 23.3 Å². The van der Waals surface area contributed by atoms with E-state index in [1.54, 1.807) is 0 Å². The van der Waals surface area contributed by atoms with E-state index in [4.69, 9.17) is 0 Å². The number of aryl methyl sites for hydroxylation is 2. The standard InChI is InChI=1S/C10H15N3S/c1-7-6-9(12-8(2)11-7)10-4-3-5-13(10)14/h6,10,14H,3-5H2,1-2H3. The van der Waals surface area contributed by atoms with Crippen LogP contribution >= 0.6 is 12.8 Å². The molecule has 0 N–H and O–H groups in total. The first-order chi connectivity index (χ1) is 6.66. The van der Waals surface area contributed by atoms with Crippen molar-refractivity contribution in [2.45, 2.75) is 32.7 Å². The molecule has 1 unspecified atom stereocenters. The van der Waals surface area contributed by atoms with Crippen LogP contribution in [0.15, 0.2) is 6.07 Å². The highest BCUT2D eigenvalue weighted by molar-refractivity contribution is 7.77. The Hall–Kier alpha value is -0.610. The Morgan fingerprint density at radius 1 is 1.43 bits per heavy atom. The molecule has 2 heterocycles. The molecule has 1 aromatic rings. The molecule has 14 heavy (non-hydrogen) atoms. The Kier molecular flexibility index (Phi) is 2.74. The van der Waals surface area contributed by atoms with Crippen LogP contribution in [0.5, 0.6) is 0 Å². The van der Waals surface area contributed by atoms with Crippen molar-refractivity contribution in [3.63, 3.8) is 0 Å². The van der Waals surface area contributed by atoms with Gasteiger partial charge < -0.3 is 0 Å². The van der Waals surface area contributed by atoms with Crippen LogP contribution in [0.25, 0.3) is 0 Å². The summed E-state index contributed by atoms with van der Waals surface area (Å²) >= 11 is 4.44. The van der Waals surface area contributed by atoms with E-state index < -0.39 is 0 Å². The maximum atomic E-state index is 4.46. The number of nitrogens with zero attached hydrogens (tertiary/aromatic N) is 3. The van der Waals surface area contributed by atoms with Gasteiger partial charge in [0.2, 0.25) is 0 Å². The van der Waals surface area contributed by atoms with Crippen molar-refractivity contribution in [2.24, 2.45) is 0 Å². The number of rotatable bonds is 1. The molecule has 0 radical (unpaired) electrons. The topological polar surface area (TPSA) is 29.0 Å². The molecule has 1 aliphatic rings. The predicted molar refractivity (Wildman–Crippen MR) is 59.2 cm³/mol. The molecule has 0 bridgehead atoms. The summed E-state index contributed by atoms with van der Waals surface area (Å²) in [6.45, 7) is 5.00. The third kappa shape index (κ3) is 1.91. The summed E-state index contributed by atoms with van der Waals surface area (Å²) in [5.74, 6) is 0.855. The van der Waals surface area contributed by atoms with Crippen molar-refractivity contribution >= 4 is 12.8 Å². The van der Waals surface area contributed by atoms with Gasteiger partial charge in [-0.25, -0.2) is 14.3 Å². The predicted octanol–water partition coefficient (Wildman–Crippen LogP) is 2.08. The third-order valence-corrected chi connectivity index (χ3v) is 3.03. The molecule has 76 valence electrons. The fraction of sp³-hybridized carbons (Fsp3) is 0.600. The molecule has 3 nitrogen and oxygen atoms in total. The second-order valence-electron chi connectivity index (χ2n) is 3.80. The molecule has 1 fully saturated rings. The number of aromatic nitrogens is 2. The molecule has 1 aromatic heterocycles. The van der Waals surface area contributed by atoms with Crippen LogP contribution in [0.4, 0.5) is 0 Å². The lowest BCUT2D eigenvalue weighted by atomic mass is 10.1. The van der Waals surface area contributed by atoms with E-state index in [1.807, 2.05) is 13.8 Å². The van der Waals surface area contributed by atoms with Gasteiger partial charge in [-0.2, -0.15) is 0 Å². The zero-order chi connectivity index (χ0) is 10.1. The van der Waals surface area contributed by atoms with Gasteiger partial charge in [0.25, 0.3) is 0 Å². The molecule has 1 saturated heterocycles. The molecule has 0 aliphatic carbocycles. The van der Waals surface area contributed by atoms with E-state index in [0.717, 1.165) is 30.2 Å². The minimum absolute atomic E-state index is 0.374. The molecule has 4 heteroatoms. The van der Waals surface area contributed by atoms with Crippen LogP contribution in [0.2, 0.25) is 0 Å². The molecule has 2 rings (SSSR count). The first kappa shape index (κ1) is 9.93. The van der Waals surface area contributed by atoms with Gasteiger partial charge in [-0.3, -0.25) is 0 Å². The van der Waals surface area contributed by atoms with Crippen LogP contribution in [0, 0.1) is 13.8 Å². The van der Waals surface area contributed by atoms with Gasteiger partial charge >= 0.3 is 0 Å². The molecule has 0 spiro atoms. The van der Waals surface area contributed by atoms with E-state index in [1.165, 1.54) is 6.42 Å². The SMILES string of the molecule is Cc1cc(C2CCCN2S)nc(C)n1. The summed E-state index contributed by atoms with van der Waals surface area (Å²) < 4.78 is 2.07. The monoisotopic (exact) mass is 209 g/mol. The highest BCUT2D eigenvalue weighted by atomic mass is 32.1. The van der Waals surface area contributed by atoms with Crippen LogP contribution in [-0.4, -0.2) is 20.8 Å². The van der Waals surface area contributed by atoms with E-state index >= 15 is 0 Å². The number of hydrogen-bond acceptors (Lipinski definition) is 4. The van der Waals surface area contributed by atoms with Gasteiger partial charge in [-0.05, 0) is 32.8 Å². The largest absolute Gasteiger partial charge is 0.244 e. The second-order valence-corrected chi connectivity index (χ2v) is 4.32. The first-order valence-electron chi connectivity index (χ1n) is 4.94. The minimum Gasteiger partial charge on any atom is -0.244 e. The third-order valence-electron chi connectivity index (χ3n) is 2.55. The lowest BCUT2D eigenvalue weighted by Crippen LogP contribution is -2.14. The van der Waals surface area contributed by atoms with E-state index in [9.17, 15) is 0 Å². The lowest BCUT2D eigenvalue weighted by Gasteiger charge is -2.17. The molecule has 1 atom stereocenters. The molecule has 0 amide bonds. The van der Waals surface area contributed by atoms with E-state index in [0.29, 0.717) is 6.04 Å². The number of thiol groups is 1. The Labute approximate surface area is 90.1 Å². The Morgan fingerprint density at radius 2 is 2.21 bits per heavy atom. The Morgan fingerprint density at radius 3 is 2.79 bits per heavy atom. The summed E-state index contributed by atoms with van der Waals surface area (Å²) in [6.07, 6.45) is 2.36. The maximum Gasteiger partial charge on any atom is 0.125 e. The van der Waals surface area contributed by atoms with Crippen LogP contribution in [-0.2, 0) is 0 Å². The summed E-state index contributed by atoms with van der Waals surface area (Å²) in [5.41, 5.74) is 2.16. The Bertz CT molecular complexity index is 320. The summed E-state index contributed by atoms with van der Waals surface area (Å²) in [6, 6.07) is 2.44. The zero-order valence-electron chi connectivity index (χ0n) is 8.56. The van der Waals surface area contributed by atoms with Gasteiger partial charge in [0.1, 0.15) is 5.82 Å². The van der Waals surface area contributed by atoms with Crippen LogP contribution in [0.1, 0.15) is 36.1 Å². The molecule has 0 aromatic carbocycles. The normalized spacial score (nSPS) is 22.9. The average molecular weight is 209 g/mol. The fourth-order valence-corrected chi connectivity index (χ4v) is 2.34. The van der Waals surface area contributed by atoms with E-state index in [2.05, 4.69) is 33.2 Å². The smallest absolute Gasteiger partial charge is 0.125 e. The molecular weight excluding hydrogens is 194 g/mol. The highest BCUT2D eigenvalue weighted by Gasteiger charge is 2.24. The molecule has 1 aliphatic heterocycles. The summed E-state index contributed by atoms with van der Waals surface area (Å²) in [7, 11) is 0. The summed E-state index contributed by atoms with van der Waals surface area (Å²) in [5, 5.41) is 0. The Balaban J connectivity index is 2.31. The highest BCUT2D eigenvalue weighted by Crippen LogP contribution is 2.31. The average Bonchev–Trinajstić information content (AvgIpc) is 2.49. The van der Waals surface area contributed by atoms with Crippen LogP contribution in [0.3, 0.4) is 0 Å². The van der Waals surface area contributed by atoms with Crippen molar-refractivity contribution in [2.75, 3.05) is 6.54 Å². The first-order valence-corrected chi connectivity index (χ1v) is 5.34. The van der Waals surface area contributed by atoms with Crippen molar-refractivity contribution in [3.8, 4) is 0 Å².